The molecule has 1 saturated heterocycles. The van der Waals surface area contributed by atoms with Crippen LogP contribution in [0.1, 0.15) is 23.0 Å². The van der Waals surface area contributed by atoms with E-state index in [9.17, 15) is 9.59 Å². The van der Waals surface area contributed by atoms with Gasteiger partial charge in [-0.15, -0.1) is 0 Å². The van der Waals surface area contributed by atoms with E-state index in [1.54, 1.807) is 0 Å². The van der Waals surface area contributed by atoms with Crippen LogP contribution >= 0.6 is 0 Å². The molecule has 0 spiro atoms. The summed E-state index contributed by atoms with van der Waals surface area (Å²) in [6.45, 7) is 4.29. The van der Waals surface area contributed by atoms with Gasteiger partial charge < -0.3 is 19.6 Å². The third kappa shape index (κ3) is 3.37. The predicted octanol–water partition coefficient (Wildman–Crippen LogP) is 0.315. The molecule has 0 aromatic carbocycles. The molecule has 2 heterocycles. The first-order chi connectivity index (χ1) is 9.61. The van der Waals surface area contributed by atoms with E-state index in [2.05, 4.69) is 5.32 Å². The van der Waals surface area contributed by atoms with Crippen molar-refractivity contribution < 1.29 is 23.8 Å². The van der Waals surface area contributed by atoms with Crippen molar-refractivity contribution in [3.8, 4) is 0 Å². The number of rotatable bonds is 5. The molecule has 1 fully saturated rings. The normalized spacial score (nSPS) is 19.8. The molecule has 1 aromatic rings. The van der Waals surface area contributed by atoms with E-state index in [1.165, 1.54) is 12.3 Å². The molecule has 0 bridgehead atoms. The second kappa shape index (κ2) is 6.53. The molecule has 2 rings (SSSR count). The summed E-state index contributed by atoms with van der Waals surface area (Å²) in [5.41, 5.74) is 0.114. The topological polar surface area (TPSA) is 92.0 Å². The molecular formula is C13H18N2O5. The molecule has 1 aromatic heterocycles. The summed E-state index contributed by atoms with van der Waals surface area (Å²) >= 11 is 0. The highest BCUT2D eigenvalue weighted by Crippen LogP contribution is 2.15. The first kappa shape index (κ1) is 14.5. The maximum absolute atomic E-state index is 12.0. The molecule has 1 aliphatic rings. The monoisotopic (exact) mass is 282 g/mol. The molecule has 1 atom stereocenters. The number of ether oxygens (including phenoxy) is 1. The number of carboxylic acid groups (broad SMARTS) is 1. The van der Waals surface area contributed by atoms with Crippen molar-refractivity contribution >= 4 is 11.9 Å². The van der Waals surface area contributed by atoms with Gasteiger partial charge in [-0.05, 0) is 13.0 Å². The molecule has 1 unspecified atom stereocenters. The number of carbonyl (C=O) groups is 2. The summed E-state index contributed by atoms with van der Waals surface area (Å²) < 4.78 is 10.6. The standard InChI is InChI=1S/C13H18N2O5/c1-2-14-12(16)11-8-19-4-3-15(11)6-10-5-9(7-20-10)13(17)18/h5,7,11H,2-4,6,8H2,1H3,(H,14,16)(H,17,18). The SMILES string of the molecule is CCNC(=O)C1COCCN1Cc1cc(C(=O)O)co1. The van der Waals surface area contributed by atoms with Crippen LogP contribution in [0.2, 0.25) is 0 Å². The van der Waals surface area contributed by atoms with Crippen LogP contribution < -0.4 is 5.32 Å². The lowest BCUT2D eigenvalue weighted by Gasteiger charge is -2.33. The summed E-state index contributed by atoms with van der Waals surface area (Å²) in [4.78, 5) is 24.7. The lowest BCUT2D eigenvalue weighted by atomic mass is 10.2. The van der Waals surface area contributed by atoms with Crippen LogP contribution in [0.3, 0.4) is 0 Å². The Labute approximate surface area is 116 Å². The molecule has 110 valence electrons. The van der Waals surface area contributed by atoms with E-state index in [1.807, 2.05) is 11.8 Å². The van der Waals surface area contributed by atoms with Crippen molar-refractivity contribution in [2.75, 3.05) is 26.3 Å². The van der Waals surface area contributed by atoms with Crippen LogP contribution in [0, 0.1) is 0 Å². The summed E-state index contributed by atoms with van der Waals surface area (Å²) in [5, 5.41) is 11.6. The van der Waals surface area contributed by atoms with Crippen molar-refractivity contribution in [3.05, 3.63) is 23.7 Å². The molecule has 1 aliphatic heterocycles. The molecule has 7 nitrogen and oxygen atoms in total. The molecule has 0 saturated carbocycles. The van der Waals surface area contributed by atoms with E-state index in [-0.39, 0.29) is 17.5 Å². The Balaban J connectivity index is 2.04. The van der Waals surface area contributed by atoms with Crippen LogP contribution in [0.4, 0.5) is 0 Å². The Bertz CT molecular complexity index is 485. The fourth-order valence-corrected chi connectivity index (χ4v) is 2.14. The largest absolute Gasteiger partial charge is 0.478 e. The zero-order chi connectivity index (χ0) is 14.5. The van der Waals surface area contributed by atoms with Gasteiger partial charge in [0.15, 0.2) is 0 Å². The Hall–Kier alpha value is -1.86. The third-order valence-electron chi connectivity index (χ3n) is 3.15. The highest BCUT2D eigenvalue weighted by Gasteiger charge is 2.29. The van der Waals surface area contributed by atoms with Gasteiger partial charge in [0, 0.05) is 13.1 Å². The zero-order valence-corrected chi connectivity index (χ0v) is 11.3. The number of likely N-dealkylation sites (N-methyl/N-ethyl adjacent to an activating group) is 1. The quantitative estimate of drug-likeness (QED) is 0.808. The summed E-state index contributed by atoms with van der Waals surface area (Å²) in [6.07, 6.45) is 1.21. The number of aromatic carboxylic acids is 1. The Morgan fingerprint density at radius 3 is 3.00 bits per heavy atom. The van der Waals surface area contributed by atoms with Gasteiger partial charge in [0.1, 0.15) is 18.1 Å². The van der Waals surface area contributed by atoms with Gasteiger partial charge in [-0.25, -0.2) is 4.79 Å². The Morgan fingerprint density at radius 1 is 1.55 bits per heavy atom. The average molecular weight is 282 g/mol. The van der Waals surface area contributed by atoms with Gasteiger partial charge >= 0.3 is 5.97 Å². The molecular weight excluding hydrogens is 264 g/mol. The van der Waals surface area contributed by atoms with Gasteiger partial charge in [-0.2, -0.15) is 0 Å². The minimum Gasteiger partial charge on any atom is -0.478 e. The lowest BCUT2D eigenvalue weighted by Crippen LogP contribution is -2.53. The second-order valence-electron chi connectivity index (χ2n) is 4.56. The van der Waals surface area contributed by atoms with Crippen molar-refractivity contribution in [3.63, 3.8) is 0 Å². The Morgan fingerprint density at radius 2 is 2.35 bits per heavy atom. The minimum atomic E-state index is -1.03. The van der Waals surface area contributed by atoms with Gasteiger partial charge in [-0.3, -0.25) is 9.69 Å². The number of hydrogen-bond acceptors (Lipinski definition) is 5. The van der Waals surface area contributed by atoms with E-state index in [4.69, 9.17) is 14.3 Å². The van der Waals surface area contributed by atoms with E-state index in [0.29, 0.717) is 38.6 Å². The summed E-state index contributed by atoms with van der Waals surface area (Å²) in [6, 6.07) is 1.11. The number of nitrogens with one attached hydrogen (secondary N) is 1. The maximum atomic E-state index is 12.0. The van der Waals surface area contributed by atoms with Crippen LogP contribution in [-0.4, -0.2) is 54.2 Å². The number of carboxylic acids is 1. The Kier molecular flexibility index (Phi) is 4.75. The molecule has 0 aliphatic carbocycles. The maximum Gasteiger partial charge on any atom is 0.338 e. The van der Waals surface area contributed by atoms with E-state index in [0.717, 1.165) is 0 Å². The highest BCUT2D eigenvalue weighted by molar-refractivity contribution is 5.87. The lowest BCUT2D eigenvalue weighted by molar-refractivity contribution is -0.133. The van der Waals surface area contributed by atoms with Crippen molar-refractivity contribution in [2.24, 2.45) is 0 Å². The summed E-state index contributed by atoms with van der Waals surface area (Å²) in [7, 11) is 0. The van der Waals surface area contributed by atoms with Gasteiger partial charge in [-0.1, -0.05) is 0 Å². The van der Waals surface area contributed by atoms with Gasteiger partial charge in [0.25, 0.3) is 0 Å². The summed E-state index contributed by atoms with van der Waals surface area (Å²) in [5.74, 6) is -0.585. The molecule has 20 heavy (non-hydrogen) atoms. The molecule has 7 heteroatoms. The highest BCUT2D eigenvalue weighted by atomic mass is 16.5. The van der Waals surface area contributed by atoms with Crippen LogP contribution in [0.15, 0.2) is 16.7 Å². The first-order valence-corrected chi connectivity index (χ1v) is 6.52. The number of morpholine rings is 1. The number of nitrogens with zero attached hydrogens (tertiary/aromatic N) is 1. The van der Waals surface area contributed by atoms with Crippen LogP contribution in [-0.2, 0) is 16.1 Å². The zero-order valence-electron chi connectivity index (χ0n) is 11.3. The van der Waals surface area contributed by atoms with E-state index < -0.39 is 5.97 Å². The third-order valence-corrected chi connectivity index (χ3v) is 3.15. The molecule has 1 amide bonds. The van der Waals surface area contributed by atoms with Crippen LogP contribution in [0.5, 0.6) is 0 Å². The first-order valence-electron chi connectivity index (χ1n) is 6.52. The fourth-order valence-electron chi connectivity index (χ4n) is 2.14. The fraction of sp³-hybridized carbons (Fsp3) is 0.538. The predicted molar refractivity (Wildman–Crippen MR) is 69.4 cm³/mol. The number of furan rings is 1. The van der Waals surface area contributed by atoms with Crippen molar-refractivity contribution in [2.45, 2.75) is 19.5 Å². The molecule has 0 radical (unpaired) electrons. The number of carbonyl (C=O) groups excluding carboxylic acids is 1. The minimum absolute atomic E-state index is 0.0859. The second-order valence-corrected chi connectivity index (χ2v) is 4.56. The smallest absolute Gasteiger partial charge is 0.338 e. The van der Waals surface area contributed by atoms with Gasteiger partial charge in [0.2, 0.25) is 5.91 Å². The van der Waals surface area contributed by atoms with Crippen molar-refractivity contribution in [1.82, 2.24) is 10.2 Å². The van der Waals surface area contributed by atoms with Crippen LogP contribution in [0.25, 0.3) is 0 Å². The van der Waals surface area contributed by atoms with Crippen molar-refractivity contribution in [1.29, 1.82) is 0 Å². The number of hydrogen-bond donors (Lipinski definition) is 2. The van der Waals surface area contributed by atoms with E-state index >= 15 is 0 Å². The average Bonchev–Trinajstić information content (AvgIpc) is 2.88. The molecule has 2 N–H and O–H groups in total. The van der Waals surface area contributed by atoms with Gasteiger partial charge in [0.05, 0.1) is 25.3 Å². The number of amides is 1.